The van der Waals surface area contributed by atoms with Crippen molar-refractivity contribution in [2.45, 2.75) is 12.9 Å². The molecule has 16 heavy (non-hydrogen) atoms. The fraction of sp³-hybridized carbons (Fsp3) is 0.200. The lowest BCUT2D eigenvalue weighted by atomic mass is 9.71. The number of benzene rings is 1. The highest BCUT2D eigenvalue weighted by atomic mass is 15.0. The maximum Gasteiger partial charge on any atom is 0.207 e. The largest absolute Gasteiger partial charge is 0.396 e. The van der Waals surface area contributed by atoms with Gasteiger partial charge in [0.1, 0.15) is 0 Å². The van der Waals surface area contributed by atoms with Crippen LogP contribution in [0.2, 0.25) is 0 Å². The van der Waals surface area contributed by atoms with E-state index in [0.717, 1.165) is 17.4 Å². The van der Waals surface area contributed by atoms with Crippen LogP contribution in [0.4, 0.5) is 0 Å². The average molecular weight is 217 g/mol. The number of amidine groups is 1. The molecule has 0 aliphatic heterocycles. The van der Waals surface area contributed by atoms with Crippen LogP contribution in [0.25, 0.3) is 0 Å². The number of guanidine groups is 1. The van der Waals surface area contributed by atoms with Crippen LogP contribution in [-0.4, -0.2) is 19.0 Å². The summed E-state index contributed by atoms with van der Waals surface area (Å²) in [6.07, 6.45) is 0.787. The van der Waals surface area contributed by atoms with Crippen molar-refractivity contribution in [3.63, 3.8) is 0 Å². The summed E-state index contributed by atoms with van der Waals surface area (Å²) >= 11 is 0. The molecule has 84 valence electrons. The van der Waals surface area contributed by atoms with Crippen LogP contribution >= 0.6 is 0 Å². The molecule has 0 spiro atoms. The van der Waals surface area contributed by atoms with Crippen LogP contribution < -0.4 is 16.8 Å². The Balaban J connectivity index is 2.47. The molecule has 7 N–H and O–H groups in total. The van der Waals surface area contributed by atoms with Crippen LogP contribution in [-0.2, 0) is 12.9 Å². The van der Waals surface area contributed by atoms with Gasteiger partial charge in [0.15, 0.2) is 5.96 Å². The van der Waals surface area contributed by atoms with Gasteiger partial charge in [0.05, 0.1) is 0 Å². The van der Waals surface area contributed by atoms with E-state index < -0.39 is 0 Å². The van der Waals surface area contributed by atoms with Crippen molar-refractivity contribution in [2.75, 3.05) is 0 Å². The number of hydrogen-bond acceptors (Lipinski definition) is 2. The molecule has 1 aromatic rings. The molecule has 0 heterocycles. The van der Waals surface area contributed by atoms with Crippen LogP contribution in [0.15, 0.2) is 24.3 Å². The van der Waals surface area contributed by atoms with Crippen LogP contribution in [0.5, 0.6) is 0 Å². The summed E-state index contributed by atoms with van der Waals surface area (Å²) in [6.45, 7) is 0.558. The van der Waals surface area contributed by atoms with Crippen molar-refractivity contribution in [3.8, 4) is 0 Å². The van der Waals surface area contributed by atoms with Crippen LogP contribution in [0.1, 0.15) is 11.1 Å². The van der Waals surface area contributed by atoms with Gasteiger partial charge in [-0.15, -0.1) is 0 Å². The maximum absolute atomic E-state index is 7.13. The second-order valence-corrected chi connectivity index (χ2v) is 3.61. The molecule has 0 radical (unpaired) electrons. The molecule has 5 nitrogen and oxygen atoms in total. The summed E-state index contributed by atoms with van der Waals surface area (Å²) in [7, 11) is 0.588. The topological polar surface area (TPSA) is 112 Å². The fourth-order valence-electron chi connectivity index (χ4n) is 1.30. The highest BCUT2D eigenvalue weighted by Crippen LogP contribution is 2.04. The third-order valence-electron chi connectivity index (χ3n) is 2.19. The molecule has 0 unspecified atom stereocenters. The Kier molecular flexibility index (Phi) is 4.38. The number of hydrogen-bond donors (Lipinski definition) is 5. The lowest BCUT2D eigenvalue weighted by Crippen LogP contribution is -2.29. The molecule has 1 aromatic carbocycles. The Morgan fingerprint density at radius 3 is 2.19 bits per heavy atom. The fourth-order valence-corrected chi connectivity index (χ4v) is 1.30. The molecule has 0 aliphatic rings. The quantitative estimate of drug-likeness (QED) is 0.260. The zero-order chi connectivity index (χ0) is 12.0. The summed E-state index contributed by atoms with van der Waals surface area (Å²) in [4.78, 5) is 0. The van der Waals surface area contributed by atoms with Crippen molar-refractivity contribution < 1.29 is 0 Å². The first-order valence-corrected chi connectivity index (χ1v) is 5.06. The van der Waals surface area contributed by atoms with Gasteiger partial charge < -0.3 is 16.8 Å². The smallest absolute Gasteiger partial charge is 0.207 e. The van der Waals surface area contributed by atoms with Gasteiger partial charge in [-0.2, -0.15) is 0 Å². The molecular weight excluding hydrogens is 201 g/mol. The molecule has 6 heteroatoms. The van der Waals surface area contributed by atoms with E-state index in [2.05, 4.69) is 5.32 Å². The van der Waals surface area contributed by atoms with E-state index in [-0.39, 0.29) is 11.7 Å². The molecule has 0 amide bonds. The molecule has 0 aliphatic carbocycles. The summed E-state index contributed by atoms with van der Waals surface area (Å²) in [5, 5.41) is 16.9. The lowest BCUT2D eigenvalue weighted by molar-refractivity contribution is 0.896. The van der Waals surface area contributed by atoms with E-state index in [1.54, 1.807) is 0 Å². The minimum Gasteiger partial charge on any atom is -0.396 e. The zero-order valence-corrected chi connectivity index (χ0v) is 9.09. The van der Waals surface area contributed by atoms with E-state index >= 15 is 0 Å². The molecule has 0 bridgehead atoms. The Labute approximate surface area is 95.5 Å². The van der Waals surface area contributed by atoms with E-state index in [9.17, 15) is 0 Å². The Morgan fingerprint density at radius 1 is 1.12 bits per heavy atom. The van der Waals surface area contributed by atoms with Crippen molar-refractivity contribution in [1.29, 1.82) is 10.8 Å². The van der Waals surface area contributed by atoms with Gasteiger partial charge >= 0.3 is 0 Å². The second kappa shape index (κ2) is 5.80. The van der Waals surface area contributed by atoms with E-state index in [1.807, 2.05) is 24.3 Å². The normalized spacial score (nSPS) is 9.50. The third kappa shape index (κ3) is 4.50. The minimum absolute atomic E-state index is 0.0272. The first-order valence-electron chi connectivity index (χ1n) is 5.06. The number of rotatable bonds is 5. The summed E-state index contributed by atoms with van der Waals surface area (Å²) in [6, 6.07) is 7.96. The first kappa shape index (κ1) is 12.1. The van der Waals surface area contributed by atoms with E-state index in [4.69, 9.17) is 22.3 Å². The van der Waals surface area contributed by atoms with Crippen molar-refractivity contribution in [3.05, 3.63) is 35.4 Å². The molecule has 0 fully saturated rings. The van der Waals surface area contributed by atoms with Crippen LogP contribution in [0.3, 0.4) is 0 Å². The molecule has 0 saturated heterocycles. The van der Waals surface area contributed by atoms with Gasteiger partial charge in [-0.3, -0.25) is 10.8 Å². The van der Waals surface area contributed by atoms with Gasteiger partial charge in [0, 0.05) is 12.3 Å². The average Bonchev–Trinajstić information content (AvgIpc) is 2.25. The van der Waals surface area contributed by atoms with Crippen molar-refractivity contribution in [1.82, 2.24) is 5.32 Å². The van der Waals surface area contributed by atoms with Crippen molar-refractivity contribution >= 4 is 19.0 Å². The summed E-state index contributed by atoms with van der Waals surface area (Å²) in [5.41, 5.74) is 12.9. The molecule has 0 saturated carbocycles. The summed E-state index contributed by atoms with van der Waals surface area (Å²) < 4.78 is 0. The number of nitrogens with one attached hydrogen (secondary N) is 3. The highest BCUT2D eigenvalue weighted by molar-refractivity contribution is 6.73. The second-order valence-electron chi connectivity index (χ2n) is 3.61. The maximum atomic E-state index is 7.13. The lowest BCUT2D eigenvalue weighted by Gasteiger charge is -2.05. The monoisotopic (exact) mass is 217 g/mol. The standard InChI is InChI=1S/C10H16BN5/c12-9(13)11-5-7-1-3-8(4-2-7)6-16-10(14)15/h1-4,11H,5-6H2,(H3,12,13)(H4,14,15,16). The van der Waals surface area contributed by atoms with Crippen LogP contribution in [0, 0.1) is 10.8 Å². The Hall–Kier alpha value is -1.98. The van der Waals surface area contributed by atoms with Gasteiger partial charge in [0.2, 0.25) is 7.28 Å². The van der Waals surface area contributed by atoms with E-state index in [0.29, 0.717) is 13.8 Å². The van der Waals surface area contributed by atoms with Gasteiger partial charge in [-0.25, -0.2) is 0 Å². The highest BCUT2D eigenvalue weighted by Gasteiger charge is 1.98. The Bertz CT molecular complexity index is 336. The minimum atomic E-state index is -0.0272. The third-order valence-corrected chi connectivity index (χ3v) is 2.19. The van der Waals surface area contributed by atoms with E-state index in [1.165, 1.54) is 0 Å². The van der Waals surface area contributed by atoms with Gasteiger partial charge in [0.25, 0.3) is 0 Å². The predicted octanol–water partition coefficient (Wildman–Crippen LogP) is -0.500. The Morgan fingerprint density at radius 2 is 1.69 bits per heavy atom. The SMILES string of the molecule is N=C(N)BCc1ccc(CNC(=N)N)cc1. The predicted molar refractivity (Wildman–Crippen MR) is 68.0 cm³/mol. The summed E-state index contributed by atoms with van der Waals surface area (Å²) in [5.74, 6) is -0.0272. The molecule has 0 atom stereocenters. The van der Waals surface area contributed by atoms with Gasteiger partial charge in [-0.1, -0.05) is 29.8 Å². The molecule has 0 aromatic heterocycles. The molecule has 1 rings (SSSR count). The number of nitrogens with two attached hydrogens (primary N) is 2. The van der Waals surface area contributed by atoms with Crippen molar-refractivity contribution in [2.24, 2.45) is 11.5 Å². The first-order chi connectivity index (χ1) is 7.58. The molecular formula is C10H16BN5. The zero-order valence-electron chi connectivity index (χ0n) is 9.09. The van der Waals surface area contributed by atoms with Gasteiger partial charge in [-0.05, 0) is 11.9 Å².